The molecule has 0 amide bonds. The third-order valence-corrected chi connectivity index (χ3v) is 2.49. The van der Waals surface area contributed by atoms with Crippen molar-refractivity contribution < 1.29 is 18.3 Å². The maximum atomic E-state index is 13.8. The maximum Gasteiger partial charge on any atom is 0.165 e. The molecule has 0 N–H and O–H groups in total. The molecule has 1 heterocycles. The van der Waals surface area contributed by atoms with Crippen LogP contribution in [0.4, 0.5) is 4.39 Å². The molecule has 3 nitrogen and oxygen atoms in total. The quantitative estimate of drug-likeness (QED) is 0.735. The lowest BCUT2D eigenvalue weighted by molar-refractivity contribution is 0.170. The summed E-state index contributed by atoms with van der Waals surface area (Å²) in [6.45, 7) is 1.04. The van der Waals surface area contributed by atoms with E-state index in [1.165, 1.54) is 6.07 Å². The highest BCUT2D eigenvalue weighted by atomic mass is 19.1. The van der Waals surface area contributed by atoms with Gasteiger partial charge in [0.05, 0.1) is 12.9 Å². The number of halogens is 1. The van der Waals surface area contributed by atoms with Crippen LogP contribution in [0.25, 0.3) is 11.3 Å². The van der Waals surface area contributed by atoms with Crippen LogP contribution in [-0.4, -0.2) is 20.3 Å². The molecule has 2 rings (SSSR count). The van der Waals surface area contributed by atoms with Crippen LogP contribution in [0.5, 0.6) is 5.75 Å². The molecule has 18 heavy (non-hydrogen) atoms. The van der Waals surface area contributed by atoms with Gasteiger partial charge in [0.25, 0.3) is 0 Å². The van der Waals surface area contributed by atoms with E-state index >= 15 is 0 Å². The highest BCUT2D eigenvalue weighted by molar-refractivity contribution is 5.58. The van der Waals surface area contributed by atoms with Crippen molar-refractivity contribution in [3.8, 4) is 17.1 Å². The van der Waals surface area contributed by atoms with Crippen molar-refractivity contribution in [1.82, 2.24) is 0 Å². The third kappa shape index (κ3) is 3.11. The van der Waals surface area contributed by atoms with Crippen LogP contribution < -0.4 is 4.74 Å². The van der Waals surface area contributed by atoms with Gasteiger partial charge in [-0.05, 0) is 30.3 Å². The first kappa shape index (κ1) is 12.6. The molecule has 0 saturated heterocycles. The van der Waals surface area contributed by atoms with Gasteiger partial charge in [-0.3, -0.25) is 0 Å². The molecule has 0 bridgehead atoms. The summed E-state index contributed by atoms with van der Waals surface area (Å²) >= 11 is 0. The van der Waals surface area contributed by atoms with Gasteiger partial charge in [0.1, 0.15) is 5.76 Å². The molecule has 0 saturated carbocycles. The Bertz CT molecular complexity index is 480. The van der Waals surface area contributed by atoms with E-state index in [0.29, 0.717) is 24.5 Å². The van der Waals surface area contributed by atoms with E-state index in [9.17, 15) is 4.39 Å². The SMILES string of the molecule is COCCCOc1ccc(-c2ccco2)cc1F. The summed E-state index contributed by atoms with van der Waals surface area (Å²) in [5.74, 6) is 0.502. The number of ether oxygens (including phenoxy) is 2. The Balaban J connectivity index is 2.01. The zero-order valence-corrected chi connectivity index (χ0v) is 10.2. The summed E-state index contributed by atoms with van der Waals surface area (Å²) < 4.78 is 29.2. The minimum atomic E-state index is -0.388. The van der Waals surface area contributed by atoms with Crippen molar-refractivity contribution in [2.75, 3.05) is 20.3 Å². The smallest absolute Gasteiger partial charge is 0.165 e. The van der Waals surface area contributed by atoms with E-state index in [1.807, 2.05) is 0 Å². The maximum absolute atomic E-state index is 13.8. The van der Waals surface area contributed by atoms with Gasteiger partial charge >= 0.3 is 0 Å². The molecule has 96 valence electrons. The normalized spacial score (nSPS) is 10.6. The molecule has 0 fully saturated rings. The van der Waals surface area contributed by atoms with Crippen LogP contribution in [0.15, 0.2) is 41.0 Å². The molecule has 0 atom stereocenters. The number of furan rings is 1. The second-order valence-electron chi connectivity index (χ2n) is 3.82. The summed E-state index contributed by atoms with van der Waals surface area (Å²) in [5, 5.41) is 0. The molecule has 0 aliphatic rings. The van der Waals surface area contributed by atoms with Crippen molar-refractivity contribution in [1.29, 1.82) is 0 Å². The van der Waals surface area contributed by atoms with E-state index in [2.05, 4.69) is 0 Å². The lowest BCUT2D eigenvalue weighted by Crippen LogP contribution is -2.02. The average Bonchev–Trinajstić information content (AvgIpc) is 2.90. The van der Waals surface area contributed by atoms with Gasteiger partial charge in [-0.25, -0.2) is 4.39 Å². The monoisotopic (exact) mass is 250 g/mol. The molecule has 1 aromatic carbocycles. The van der Waals surface area contributed by atoms with Crippen LogP contribution in [-0.2, 0) is 4.74 Å². The largest absolute Gasteiger partial charge is 0.490 e. The third-order valence-electron chi connectivity index (χ3n) is 2.49. The van der Waals surface area contributed by atoms with Crippen LogP contribution in [0.2, 0.25) is 0 Å². The van der Waals surface area contributed by atoms with Gasteiger partial charge in [0.2, 0.25) is 0 Å². The Morgan fingerprint density at radius 1 is 1.22 bits per heavy atom. The molecular weight excluding hydrogens is 235 g/mol. The first-order valence-electron chi connectivity index (χ1n) is 5.76. The molecular formula is C14H15FO3. The standard InChI is InChI=1S/C14H15FO3/c1-16-7-3-9-18-14-6-5-11(10-12(14)15)13-4-2-8-17-13/h2,4-6,8,10H,3,7,9H2,1H3. The average molecular weight is 250 g/mol. The van der Waals surface area contributed by atoms with Gasteiger partial charge in [0, 0.05) is 25.7 Å². The molecule has 4 heteroatoms. The predicted octanol–water partition coefficient (Wildman–Crippen LogP) is 3.50. The molecule has 0 radical (unpaired) electrons. The number of benzene rings is 1. The number of rotatable bonds is 6. The summed E-state index contributed by atoms with van der Waals surface area (Å²) in [6.07, 6.45) is 2.29. The lowest BCUT2D eigenvalue weighted by Gasteiger charge is -2.07. The Morgan fingerprint density at radius 2 is 2.11 bits per heavy atom. The van der Waals surface area contributed by atoms with Gasteiger partial charge in [-0.2, -0.15) is 0 Å². The van der Waals surface area contributed by atoms with Crippen molar-refractivity contribution in [2.24, 2.45) is 0 Å². The first-order chi connectivity index (χ1) is 8.81. The van der Waals surface area contributed by atoms with E-state index in [4.69, 9.17) is 13.9 Å². The lowest BCUT2D eigenvalue weighted by atomic mass is 10.1. The van der Waals surface area contributed by atoms with Crippen molar-refractivity contribution in [3.63, 3.8) is 0 Å². The summed E-state index contributed by atoms with van der Waals surface area (Å²) in [7, 11) is 1.62. The summed E-state index contributed by atoms with van der Waals surface area (Å²) in [5.41, 5.74) is 0.696. The van der Waals surface area contributed by atoms with Crippen LogP contribution >= 0.6 is 0 Å². The fourth-order valence-corrected chi connectivity index (χ4v) is 1.60. The van der Waals surface area contributed by atoms with Crippen molar-refractivity contribution in [2.45, 2.75) is 6.42 Å². The van der Waals surface area contributed by atoms with Crippen LogP contribution in [0, 0.1) is 5.82 Å². The molecule has 0 aliphatic carbocycles. The van der Waals surface area contributed by atoms with Gasteiger partial charge in [-0.1, -0.05) is 0 Å². The highest BCUT2D eigenvalue weighted by Crippen LogP contribution is 2.25. The minimum Gasteiger partial charge on any atom is -0.490 e. The summed E-state index contributed by atoms with van der Waals surface area (Å²) in [4.78, 5) is 0. The van der Waals surface area contributed by atoms with Crippen LogP contribution in [0.3, 0.4) is 0 Å². The number of hydrogen-bond donors (Lipinski definition) is 0. The number of methoxy groups -OCH3 is 1. The topological polar surface area (TPSA) is 31.6 Å². The van der Waals surface area contributed by atoms with E-state index in [1.54, 1.807) is 37.6 Å². The number of hydrogen-bond acceptors (Lipinski definition) is 3. The van der Waals surface area contributed by atoms with Crippen molar-refractivity contribution in [3.05, 3.63) is 42.4 Å². The Morgan fingerprint density at radius 3 is 2.78 bits per heavy atom. The fraction of sp³-hybridized carbons (Fsp3) is 0.286. The van der Waals surface area contributed by atoms with Crippen molar-refractivity contribution >= 4 is 0 Å². The second kappa shape index (κ2) is 6.21. The van der Waals surface area contributed by atoms with Crippen LogP contribution in [0.1, 0.15) is 6.42 Å². The highest BCUT2D eigenvalue weighted by Gasteiger charge is 2.07. The zero-order chi connectivity index (χ0) is 12.8. The van der Waals surface area contributed by atoms with E-state index < -0.39 is 0 Å². The first-order valence-corrected chi connectivity index (χ1v) is 5.76. The molecule has 1 aromatic heterocycles. The van der Waals surface area contributed by atoms with Gasteiger partial charge < -0.3 is 13.9 Å². The second-order valence-corrected chi connectivity index (χ2v) is 3.82. The summed E-state index contributed by atoms with van der Waals surface area (Å²) in [6, 6.07) is 8.34. The molecule has 0 spiro atoms. The Kier molecular flexibility index (Phi) is 4.36. The van der Waals surface area contributed by atoms with Gasteiger partial charge in [-0.15, -0.1) is 0 Å². The van der Waals surface area contributed by atoms with E-state index in [0.717, 1.165) is 6.42 Å². The Hall–Kier alpha value is -1.81. The fourth-order valence-electron chi connectivity index (χ4n) is 1.60. The van der Waals surface area contributed by atoms with Gasteiger partial charge in [0.15, 0.2) is 11.6 Å². The predicted molar refractivity (Wildman–Crippen MR) is 66.1 cm³/mol. The molecule has 0 unspecified atom stereocenters. The zero-order valence-electron chi connectivity index (χ0n) is 10.2. The van der Waals surface area contributed by atoms with E-state index in [-0.39, 0.29) is 11.6 Å². The molecule has 0 aliphatic heterocycles. The molecule has 2 aromatic rings. The Labute approximate surface area is 105 Å². The minimum absolute atomic E-state index is 0.251.